The summed E-state index contributed by atoms with van der Waals surface area (Å²) in [5.41, 5.74) is 5.43. The molecule has 1 saturated carbocycles. The Bertz CT molecular complexity index is 2590. The highest BCUT2D eigenvalue weighted by molar-refractivity contribution is 7.90. The van der Waals surface area contributed by atoms with Gasteiger partial charge in [0.2, 0.25) is 0 Å². The van der Waals surface area contributed by atoms with Gasteiger partial charge in [-0.3, -0.25) is 19.8 Å². The van der Waals surface area contributed by atoms with Gasteiger partial charge in [-0.2, -0.15) is 0 Å². The van der Waals surface area contributed by atoms with Gasteiger partial charge in [-0.15, -0.1) is 0 Å². The standard InChI is InChI=1S/C45H50ClN7O7S/c1-45(2)15-13-32(39(25-45)30-4-6-33(46)7-5-30)28-51-17-19-52(20-18-51)34-8-11-38(42(23-34)60-36-22-31-14-16-47-43(31)49-27-36)44(55)50-61(58,59)37-10-12-40(41(24-37)53(56)57)48-26-29-3-9-35(54)21-29/h4-8,10-12,14,16,22-24,27,29,35,48,54H,3,9,13,15,17-21,25-26,28H2,1-2H3,(H,47,49)(H,50,55). The van der Waals surface area contributed by atoms with Crippen molar-refractivity contribution in [2.24, 2.45) is 11.3 Å². The molecule has 4 N–H and O–H groups in total. The number of rotatable bonds is 13. The van der Waals surface area contributed by atoms with Crippen molar-refractivity contribution in [2.75, 3.05) is 49.5 Å². The van der Waals surface area contributed by atoms with Crippen molar-refractivity contribution in [2.45, 2.75) is 63.4 Å². The van der Waals surface area contributed by atoms with Crippen molar-refractivity contribution in [1.82, 2.24) is 19.6 Å². The van der Waals surface area contributed by atoms with E-state index >= 15 is 0 Å². The van der Waals surface area contributed by atoms with Crippen molar-refractivity contribution in [3.05, 3.63) is 117 Å². The average Bonchev–Trinajstić information content (AvgIpc) is 3.89. The van der Waals surface area contributed by atoms with Gasteiger partial charge in [-0.1, -0.05) is 43.2 Å². The molecule has 0 bridgehead atoms. The fraction of sp³-hybridized carbons (Fsp3) is 0.378. The Balaban J connectivity index is 1.00. The summed E-state index contributed by atoms with van der Waals surface area (Å²) in [6.45, 7) is 9.00. The number of anilines is 2. The number of H-pyrrole nitrogens is 1. The second-order valence-electron chi connectivity index (χ2n) is 17.1. The molecule has 61 heavy (non-hydrogen) atoms. The maximum atomic E-state index is 13.9. The molecule has 0 spiro atoms. The first-order valence-corrected chi connectivity index (χ1v) is 22.5. The summed E-state index contributed by atoms with van der Waals surface area (Å²) in [6, 6.07) is 20.3. The first kappa shape index (κ1) is 42.2. The number of aliphatic hydroxyl groups excluding tert-OH is 1. The Morgan fingerprint density at radius 2 is 1.84 bits per heavy atom. The van der Waals surface area contributed by atoms with Crippen LogP contribution in [-0.2, 0) is 10.0 Å². The number of halogens is 1. The lowest BCUT2D eigenvalue weighted by atomic mass is 9.72. The zero-order valence-corrected chi connectivity index (χ0v) is 35.8. The van der Waals surface area contributed by atoms with E-state index in [1.165, 1.54) is 41.1 Å². The molecule has 14 nitrogen and oxygen atoms in total. The molecular formula is C45H50ClN7O7S. The predicted octanol–water partition coefficient (Wildman–Crippen LogP) is 8.39. The Labute approximate surface area is 360 Å². The van der Waals surface area contributed by atoms with Crippen LogP contribution in [0.4, 0.5) is 17.1 Å². The van der Waals surface area contributed by atoms with Gasteiger partial charge < -0.3 is 25.0 Å². The van der Waals surface area contributed by atoms with Crippen LogP contribution in [0, 0.1) is 21.4 Å². The fourth-order valence-electron chi connectivity index (χ4n) is 8.68. The monoisotopic (exact) mass is 867 g/mol. The number of aromatic nitrogens is 2. The number of sulfonamides is 1. The molecule has 2 aliphatic carbocycles. The molecule has 3 heterocycles. The number of nitro benzene ring substituents is 1. The lowest BCUT2D eigenvalue weighted by Crippen LogP contribution is -2.47. The molecule has 1 amide bonds. The molecule has 5 aromatic rings. The molecule has 1 aliphatic heterocycles. The number of carbonyl (C=O) groups excluding carboxylic acids is 1. The van der Waals surface area contributed by atoms with Crippen molar-refractivity contribution >= 4 is 61.2 Å². The van der Waals surface area contributed by atoms with Gasteiger partial charge in [0.15, 0.2) is 0 Å². The normalized spacial score (nSPS) is 19.6. The first-order valence-electron chi connectivity index (χ1n) is 20.7. The molecule has 2 aromatic heterocycles. The van der Waals surface area contributed by atoms with Gasteiger partial charge in [0.25, 0.3) is 21.6 Å². The highest BCUT2D eigenvalue weighted by Crippen LogP contribution is 2.43. The molecule has 2 fully saturated rings. The van der Waals surface area contributed by atoms with Gasteiger partial charge in [0.1, 0.15) is 22.8 Å². The number of piperazine rings is 1. The Hall–Kier alpha value is -5.48. The Kier molecular flexibility index (Phi) is 12.1. The van der Waals surface area contributed by atoms with E-state index in [-0.39, 0.29) is 28.3 Å². The van der Waals surface area contributed by atoms with Crippen LogP contribution in [0.5, 0.6) is 11.5 Å². The summed E-state index contributed by atoms with van der Waals surface area (Å²) in [4.78, 5) is 37.0. The van der Waals surface area contributed by atoms with Crippen LogP contribution >= 0.6 is 11.6 Å². The summed E-state index contributed by atoms with van der Waals surface area (Å²) in [5.74, 6) is -0.365. The third kappa shape index (κ3) is 9.86. The van der Waals surface area contributed by atoms with E-state index < -0.39 is 37.5 Å². The van der Waals surface area contributed by atoms with Gasteiger partial charge in [0.05, 0.1) is 27.7 Å². The molecule has 1 saturated heterocycles. The van der Waals surface area contributed by atoms with Crippen molar-refractivity contribution in [3.8, 4) is 11.5 Å². The summed E-state index contributed by atoms with van der Waals surface area (Å²) in [7, 11) is -4.57. The smallest absolute Gasteiger partial charge is 0.293 e. The number of hydrogen-bond acceptors (Lipinski definition) is 11. The molecule has 8 rings (SSSR count). The minimum Gasteiger partial charge on any atom is -0.455 e. The minimum atomic E-state index is -4.57. The number of nitrogens with one attached hydrogen (secondary N) is 3. The van der Waals surface area contributed by atoms with E-state index in [4.69, 9.17) is 16.3 Å². The van der Waals surface area contributed by atoms with Crippen LogP contribution in [0.2, 0.25) is 5.02 Å². The number of ether oxygens (including phenoxy) is 1. The lowest BCUT2D eigenvalue weighted by molar-refractivity contribution is -0.384. The second kappa shape index (κ2) is 17.5. The Morgan fingerprint density at radius 1 is 1.05 bits per heavy atom. The van der Waals surface area contributed by atoms with Gasteiger partial charge >= 0.3 is 0 Å². The predicted molar refractivity (Wildman–Crippen MR) is 237 cm³/mol. The van der Waals surface area contributed by atoms with E-state index in [1.807, 2.05) is 18.2 Å². The van der Waals surface area contributed by atoms with Crippen LogP contribution in [0.3, 0.4) is 0 Å². The number of carbonyl (C=O) groups is 1. The third-order valence-corrected chi connectivity index (χ3v) is 13.7. The van der Waals surface area contributed by atoms with Crippen molar-refractivity contribution in [3.63, 3.8) is 0 Å². The van der Waals surface area contributed by atoms with Crippen LogP contribution in [0.25, 0.3) is 16.6 Å². The maximum absolute atomic E-state index is 13.9. The number of benzene rings is 3. The van der Waals surface area contributed by atoms with Crippen molar-refractivity contribution in [1.29, 1.82) is 0 Å². The van der Waals surface area contributed by atoms with E-state index in [0.717, 1.165) is 80.6 Å². The zero-order chi connectivity index (χ0) is 42.9. The van der Waals surface area contributed by atoms with E-state index in [2.05, 4.69) is 55.8 Å². The molecule has 3 aliphatic rings. The van der Waals surface area contributed by atoms with Crippen LogP contribution in [0.15, 0.2) is 95.7 Å². The van der Waals surface area contributed by atoms with E-state index in [0.29, 0.717) is 30.8 Å². The topological polar surface area (TPSA) is 183 Å². The number of pyridine rings is 1. The number of amides is 1. The summed E-state index contributed by atoms with van der Waals surface area (Å²) in [6.07, 6.45) is 8.10. The number of nitrogens with zero attached hydrogens (tertiary/aromatic N) is 4. The lowest BCUT2D eigenvalue weighted by Gasteiger charge is -2.39. The van der Waals surface area contributed by atoms with Crippen molar-refractivity contribution < 1.29 is 28.0 Å². The quantitative estimate of drug-likeness (QED) is 0.0659. The first-order chi connectivity index (χ1) is 29.2. The minimum absolute atomic E-state index is 0.0476. The van der Waals surface area contributed by atoms with Gasteiger partial charge in [-0.25, -0.2) is 18.1 Å². The number of allylic oxidation sites excluding steroid dienone is 1. The highest BCUT2D eigenvalue weighted by Gasteiger charge is 2.31. The molecule has 0 radical (unpaired) electrons. The fourth-order valence-corrected chi connectivity index (χ4v) is 9.80. The summed E-state index contributed by atoms with van der Waals surface area (Å²) < 4.78 is 35.7. The van der Waals surface area contributed by atoms with Crippen LogP contribution < -0.4 is 19.7 Å². The van der Waals surface area contributed by atoms with Crippen LogP contribution in [-0.4, -0.2) is 84.6 Å². The SMILES string of the molecule is CC1(C)CCC(CN2CCN(c3ccc(C(=O)NS(=O)(=O)c4ccc(NCC5CCC(O)C5)c([N+](=O)[O-])c4)c(Oc4cnc5[nH]ccc5c4)c3)CC2)=C(c2ccc(Cl)cc2)C1. The largest absolute Gasteiger partial charge is 0.455 e. The number of fused-ring (bicyclic) bond motifs is 1. The average molecular weight is 868 g/mol. The molecule has 2 unspecified atom stereocenters. The molecule has 3 aromatic carbocycles. The molecule has 2 atom stereocenters. The van der Waals surface area contributed by atoms with E-state index in [9.17, 15) is 28.4 Å². The number of aromatic amines is 1. The zero-order valence-electron chi connectivity index (χ0n) is 34.2. The van der Waals surface area contributed by atoms with Gasteiger partial charge in [0, 0.05) is 73.7 Å². The van der Waals surface area contributed by atoms with E-state index in [1.54, 1.807) is 24.4 Å². The summed E-state index contributed by atoms with van der Waals surface area (Å²) in [5, 5.41) is 26.5. The summed E-state index contributed by atoms with van der Waals surface area (Å²) >= 11 is 6.24. The molecule has 320 valence electrons. The molecule has 16 heteroatoms. The third-order valence-electron chi connectivity index (χ3n) is 12.1. The highest BCUT2D eigenvalue weighted by atomic mass is 35.5. The van der Waals surface area contributed by atoms with Gasteiger partial charge in [-0.05, 0) is 110 Å². The second-order valence-corrected chi connectivity index (χ2v) is 19.3. The number of hydrogen-bond donors (Lipinski definition) is 4. The number of aliphatic hydroxyl groups is 1. The molecular weight excluding hydrogens is 818 g/mol. The van der Waals surface area contributed by atoms with Crippen LogP contribution in [0.1, 0.15) is 68.3 Å². The maximum Gasteiger partial charge on any atom is 0.293 e. The Morgan fingerprint density at radius 3 is 2.57 bits per heavy atom. The number of nitro groups is 1.